The number of carbonyl (C=O) groups is 1. The van der Waals surface area contributed by atoms with Crippen LogP contribution in [0.4, 0.5) is 0 Å². The van der Waals surface area contributed by atoms with Crippen molar-refractivity contribution in [2.45, 2.75) is 33.4 Å². The Morgan fingerprint density at radius 2 is 1.89 bits per heavy atom. The lowest BCUT2D eigenvalue weighted by Crippen LogP contribution is -2.39. The lowest BCUT2D eigenvalue weighted by molar-refractivity contribution is -0.139. The molecule has 0 aliphatic carbocycles. The Hall–Kier alpha value is -4.10. The van der Waals surface area contributed by atoms with Crippen LogP contribution in [0.25, 0.3) is 6.08 Å². The normalized spacial score (nSPS) is 15.6. The van der Waals surface area contributed by atoms with Crippen molar-refractivity contribution in [3.63, 3.8) is 0 Å². The second-order valence-corrected chi connectivity index (χ2v) is 12.4. The number of aromatic nitrogens is 1. The van der Waals surface area contributed by atoms with Crippen molar-refractivity contribution >= 4 is 46.0 Å². The number of hydrogen-bond acceptors (Lipinski definition) is 9. The SMILES string of the molecule is CCOC(=O)C1=C(C)N=c2s/c(=C/c3cc(I)c(OCc4ccc5c(c4)OCO5)c(OC)c3)c(=O)n2[C@H]1c1ccc(C)cc1. The van der Waals surface area contributed by atoms with Gasteiger partial charge in [-0.1, -0.05) is 47.2 Å². The third-order valence-corrected chi connectivity index (χ3v) is 9.06. The van der Waals surface area contributed by atoms with Crippen molar-refractivity contribution in [3.8, 4) is 23.0 Å². The molecule has 0 radical (unpaired) electrons. The van der Waals surface area contributed by atoms with Gasteiger partial charge in [0.05, 0.1) is 39.1 Å². The third kappa shape index (κ3) is 5.73. The largest absolute Gasteiger partial charge is 0.493 e. The molecule has 226 valence electrons. The topological polar surface area (TPSA) is 97.6 Å². The second kappa shape index (κ2) is 12.5. The first-order valence-electron chi connectivity index (χ1n) is 13.9. The van der Waals surface area contributed by atoms with Gasteiger partial charge in [-0.2, -0.15) is 0 Å². The van der Waals surface area contributed by atoms with Gasteiger partial charge in [0.2, 0.25) is 6.79 Å². The van der Waals surface area contributed by atoms with E-state index in [2.05, 4.69) is 27.6 Å². The smallest absolute Gasteiger partial charge is 0.338 e. The predicted molar refractivity (Wildman–Crippen MR) is 174 cm³/mol. The summed E-state index contributed by atoms with van der Waals surface area (Å²) in [7, 11) is 1.58. The molecule has 2 aliphatic rings. The van der Waals surface area contributed by atoms with E-state index >= 15 is 0 Å². The maximum Gasteiger partial charge on any atom is 0.338 e. The van der Waals surface area contributed by atoms with Crippen LogP contribution in [0.3, 0.4) is 0 Å². The van der Waals surface area contributed by atoms with E-state index in [4.69, 9.17) is 23.7 Å². The molecule has 0 saturated carbocycles. The van der Waals surface area contributed by atoms with E-state index in [0.29, 0.717) is 50.2 Å². The third-order valence-electron chi connectivity index (χ3n) is 7.28. The number of hydrogen-bond donors (Lipinski definition) is 0. The predicted octanol–water partition coefficient (Wildman–Crippen LogP) is 5.03. The van der Waals surface area contributed by atoms with Crippen LogP contribution in [-0.4, -0.2) is 31.0 Å². The van der Waals surface area contributed by atoms with Gasteiger partial charge in [-0.05, 0) is 90.4 Å². The standard InChI is InChI=1S/C33H29IN2O7S/c1-5-40-32(38)28-19(3)35-33-36(29(28)22-9-6-18(2)7-10-22)31(37)27(44-33)15-21-12-23(34)30(26(14-21)39-4)41-16-20-8-11-24-25(13-20)43-17-42-24/h6-15,29H,5,16-17H2,1-4H3/b27-15+/t29-/m0/s1. The molecule has 0 N–H and O–H groups in total. The van der Waals surface area contributed by atoms with Crippen molar-refractivity contribution in [2.75, 3.05) is 20.5 Å². The van der Waals surface area contributed by atoms with Crippen LogP contribution in [0.2, 0.25) is 0 Å². The van der Waals surface area contributed by atoms with E-state index in [9.17, 15) is 9.59 Å². The Labute approximate surface area is 271 Å². The van der Waals surface area contributed by atoms with E-state index < -0.39 is 12.0 Å². The number of nitrogens with zero attached hydrogens (tertiary/aromatic N) is 2. The molecule has 1 atom stereocenters. The average molecular weight is 725 g/mol. The molecule has 44 heavy (non-hydrogen) atoms. The maximum absolute atomic E-state index is 14.0. The Kier molecular flexibility index (Phi) is 8.50. The number of allylic oxidation sites excluding steroid dienone is 1. The fraction of sp³-hybridized carbons (Fsp3) is 0.242. The number of halogens is 1. The fourth-order valence-corrected chi connectivity index (χ4v) is 6.98. The number of aryl methyl sites for hydroxylation is 1. The molecule has 0 bridgehead atoms. The molecule has 0 unspecified atom stereocenters. The fourth-order valence-electron chi connectivity index (χ4n) is 5.16. The van der Waals surface area contributed by atoms with Crippen molar-refractivity contribution < 1.29 is 28.5 Å². The Balaban J connectivity index is 1.37. The monoisotopic (exact) mass is 724 g/mol. The summed E-state index contributed by atoms with van der Waals surface area (Å²) in [5, 5.41) is 0. The highest BCUT2D eigenvalue weighted by atomic mass is 127. The van der Waals surface area contributed by atoms with Gasteiger partial charge >= 0.3 is 5.97 Å². The minimum Gasteiger partial charge on any atom is -0.493 e. The zero-order valence-corrected chi connectivity index (χ0v) is 27.5. The minimum atomic E-state index is -0.658. The van der Waals surface area contributed by atoms with Crippen LogP contribution in [-0.2, 0) is 16.1 Å². The maximum atomic E-state index is 14.0. The Morgan fingerprint density at radius 3 is 2.64 bits per heavy atom. The van der Waals surface area contributed by atoms with Gasteiger partial charge in [-0.3, -0.25) is 9.36 Å². The van der Waals surface area contributed by atoms with Gasteiger partial charge < -0.3 is 23.7 Å². The molecule has 0 fully saturated rings. The van der Waals surface area contributed by atoms with Crippen LogP contribution in [0.5, 0.6) is 23.0 Å². The quantitative estimate of drug-likeness (QED) is 0.186. The lowest BCUT2D eigenvalue weighted by Gasteiger charge is -2.24. The van der Waals surface area contributed by atoms with Crippen LogP contribution >= 0.6 is 33.9 Å². The van der Waals surface area contributed by atoms with E-state index in [1.54, 1.807) is 25.5 Å². The first-order chi connectivity index (χ1) is 21.3. The van der Waals surface area contributed by atoms with Gasteiger partial charge in [0, 0.05) is 0 Å². The molecule has 3 aromatic carbocycles. The molecule has 9 nitrogen and oxygen atoms in total. The zero-order chi connectivity index (χ0) is 31.0. The lowest BCUT2D eigenvalue weighted by atomic mass is 9.95. The number of esters is 1. The first-order valence-corrected chi connectivity index (χ1v) is 15.8. The summed E-state index contributed by atoms with van der Waals surface area (Å²) in [6.07, 6.45) is 1.81. The Bertz CT molecular complexity index is 1980. The summed E-state index contributed by atoms with van der Waals surface area (Å²) in [4.78, 5) is 32.3. The molecule has 11 heteroatoms. The number of benzene rings is 3. The average Bonchev–Trinajstić information content (AvgIpc) is 3.59. The summed E-state index contributed by atoms with van der Waals surface area (Å²) >= 11 is 3.48. The summed E-state index contributed by atoms with van der Waals surface area (Å²) in [6.45, 7) is 6.27. The van der Waals surface area contributed by atoms with E-state index in [1.165, 1.54) is 11.3 Å². The molecule has 0 saturated heterocycles. The Morgan fingerprint density at radius 1 is 1.11 bits per heavy atom. The van der Waals surface area contributed by atoms with E-state index in [0.717, 1.165) is 25.8 Å². The highest BCUT2D eigenvalue weighted by Crippen LogP contribution is 2.37. The van der Waals surface area contributed by atoms with Crippen molar-refractivity contribution in [3.05, 3.63) is 111 Å². The van der Waals surface area contributed by atoms with Crippen LogP contribution in [0.1, 0.15) is 42.1 Å². The summed E-state index contributed by atoms with van der Waals surface area (Å²) in [6, 6.07) is 16.6. The van der Waals surface area contributed by atoms with Crippen LogP contribution < -0.4 is 33.8 Å². The number of carbonyl (C=O) groups excluding carboxylic acids is 1. The van der Waals surface area contributed by atoms with Gasteiger partial charge in [-0.25, -0.2) is 9.79 Å². The molecule has 3 heterocycles. The van der Waals surface area contributed by atoms with Crippen molar-refractivity contribution in [2.24, 2.45) is 4.99 Å². The van der Waals surface area contributed by atoms with Crippen LogP contribution in [0, 0.1) is 10.5 Å². The highest BCUT2D eigenvalue weighted by Gasteiger charge is 2.33. The molecule has 0 amide bonds. The van der Waals surface area contributed by atoms with Crippen molar-refractivity contribution in [1.29, 1.82) is 0 Å². The number of rotatable bonds is 8. The van der Waals surface area contributed by atoms with Crippen molar-refractivity contribution in [1.82, 2.24) is 4.57 Å². The summed E-state index contributed by atoms with van der Waals surface area (Å²) in [5.74, 6) is 2.06. The first kappa shape index (κ1) is 29.9. The number of ether oxygens (including phenoxy) is 5. The van der Waals surface area contributed by atoms with E-state index in [1.807, 2.05) is 67.6 Å². The van der Waals surface area contributed by atoms with Gasteiger partial charge in [-0.15, -0.1) is 0 Å². The van der Waals surface area contributed by atoms with Gasteiger partial charge in [0.15, 0.2) is 27.8 Å². The van der Waals surface area contributed by atoms with Crippen LogP contribution in [0.15, 0.2) is 75.7 Å². The second-order valence-electron chi connectivity index (χ2n) is 10.2. The molecule has 1 aromatic heterocycles. The zero-order valence-electron chi connectivity index (χ0n) is 24.5. The molecule has 2 aliphatic heterocycles. The molecular formula is C33H29IN2O7S. The highest BCUT2D eigenvalue weighted by molar-refractivity contribution is 14.1. The number of fused-ring (bicyclic) bond motifs is 2. The van der Waals surface area contributed by atoms with Gasteiger partial charge in [0.25, 0.3) is 5.56 Å². The molecule has 0 spiro atoms. The van der Waals surface area contributed by atoms with Gasteiger partial charge in [0.1, 0.15) is 6.61 Å². The number of methoxy groups -OCH3 is 1. The minimum absolute atomic E-state index is 0.212. The summed E-state index contributed by atoms with van der Waals surface area (Å²) in [5.41, 5.74) is 4.22. The molecule has 4 aromatic rings. The summed E-state index contributed by atoms with van der Waals surface area (Å²) < 4.78 is 31.0. The molecule has 6 rings (SSSR count). The molecular weight excluding hydrogens is 695 g/mol. The van der Waals surface area contributed by atoms with E-state index in [-0.39, 0.29) is 19.0 Å². The number of thiazole rings is 1.